The summed E-state index contributed by atoms with van der Waals surface area (Å²) in [5, 5.41) is 28.8. The summed E-state index contributed by atoms with van der Waals surface area (Å²) in [4.78, 5) is 4.20. The Bertz CT molecular complexity index is 833. The summed E-state index contributed by atoms with van der Waals surface area (Å²) in [7, 11) is 0. The summed E-state index contributed by atoms with van der Waals surface area (Å²) in [5.41, 5.74) is 11.0. The molecule has 0 amide bonds. The van der Waals surface area contributed by atoms with Crippen LogP contribution in [0.1, 0.15) is 18.4 Å². The quantitative estimate of drug-likeness (QED) is 0.0981. The van der Waals surface area contributed by atoms with E-state index < -0.39 is 3.54 Å². The molecule has 12 heteroatoms. The second-order valence-corrected chi connectivity index (χ2v) is 8.68. The molecule has 1 fully saturated rings. The van der Waals surface area contributed by atoms with Gasteiger partial charge in [-0.2, -0.15) is 5.10 Å². The maximum absolute atomic E-state index is 10.3. The van der Waals surface area contributed by atoms with Gasteiger partial charge in [-0.1, -0.05) is 6.07 Å². The molecule has 1 heterocycles. The van der Waals surface area contributed by atoms with Gasteiger partial charge in [0.15, 0.2) is 9.37 Å². The zero-order valence-electron chi connectivity index (χ0n) is 13.3. The lowest BCUT2D eigenvalue weighted by Gasteiger charge is -2.14. The van der Waals surface area contributed by atoms with E-state index in [1.807, 2.05) is 0 Å². The van der Waals surface area contributed by atoms with Gasteiger partial charge in [-0.15, -0.1) is 53.2 Å². The van der Waals surface area contributed by atoms with Gasteiger partial charge >= 0.3 is 0 Å². The number of rotatable bonds is 6. The van der Waals surface area contributed by atoms with E-state index in [4.69, 9.17) is 5.53 Å². The summed E-state index contributed by atoms with van der Waals surface area (Å²) in [6.07, 6.45) is 3.76. The average Bonchev–Trinajstić information content (AvgIpc) is 3.39. The summed E-state index contributed by atoms with van der Waals surface area (Å²) in [6, 6.07) is 5.12. The second kappa shape index (κ2) is 7.68. The van der Waals surface area contributed by atoms with Crippen molar-refractivity contribution >= 4 is 49.7 Å². The van der Waals surface area contributed by atoms with Crippen LogP contribution in [-0.4, -0.2) is 35.7 Å². The van der Waals surface area contributed by atoms with Gasteiger partial charge in [-0.3, -0.25) is 5.43 Å². The molecule has 136 valence electrons. The lowest BCUT2D eigenvalue weighted by atomic mass is 10.1. The number of hydrogen-bond acceptors (Lipinski definition) is 11. The van der Waals surface area contributed by atoms with E-state index in [0.29, 0.717) is 28.8 Å². The van der Waals surface area contributed by atoms with Gasteiger partial charge in [0, 0.05) is 17.2 Å². The van der Waals surface area contributed by atoms with E-state index in [2.05, 4.69) is 74.0 Å². The maximum atomic E-state index is 10.3. The van der Waals surface area contributed by atoms with Crippen LogP contribution in [0.2, 0.25) is 0 Å². The molecule has 9 nitrogen and oxygen atoms in total. The largest absolute Gasteiger partial charge is 0.507 e. The Hall–Kier alpha value is -2.05. The molecule has 0 unspecified atom stereocenters. The first-order valence-electron chi connectivity index (χ1n) is 7.55. The number of amidine groups is 1. The lowest BCUT2D eigenvalue weighted by molar-refractivity contribution is 0.477. The van der Waals surface area contributed by atoms with Crippen LogP contribution in [0.15, 0.2) is 34.6 Å². The number of benzene rings is 1. The standard InChI is InChI=1S/C14H16N8OS3/c15-18-12(20-22-14(24,25)26)7-1-4-9(11(23)5-7)10-6-16-13(21-19-10)17-8-2-3-8/h1,4-6,8,15,22-26H,2-3H2,(H,16,17,21)/b18-15?,20-12-. The molecule has 4 N–H and O–H groups in total. The van der Waals surface area contributed by atoms with E-state index in [-0.39, 0.29) is 11.6 Å². The molecule has 1 aliphatic rings. The molecular formula is C14H16N8OS3. The van der Waals surface area contributed by atoms with Crippen molar-refractivity contribution in [2.24, 2.45) is 10.2 Å². The molecule has 0 radical (unpaired) electrons. The Balaban J connectivity index is 1.81. The van der Waals surface area contributed by atoms with Crippen molar-refractivity contribution in [2.45, 2.75) is 22.4 Å². The van der Waals surface area contributed by atoms with E-state index >= 15 is 0 Å². The number of aromatic nitrogens is 3. The first kappa shape index (κ1) is 18.7. The van der Waals surface area contributed by atoms with Crippen LogP contribution < -0.4 is 10.7 Å². The number of aromatic hydroxyl groups is 1. The first-order valence-corrected chi connectivity index (χ1v) is 8.89. The van der Waals surface area contributed by atoms with Crippen LogP contribution in [0.25, 0.3) is 11.3 Å². The Morgan fingerprint density at radius 3 is 2.58 bits per heavy atom. The topological polar surface area (TPSA) is 132 Å². The highest BCUT2D eigenvalue weighted by molar-refractivity contribution is 8.16. The zero-order chi connectivity index (χ0) is 18.7. The van der Waals surface area contributed by atoms with E-state index in [0.717, 1.165) is 12.8 Å². The number of hydrazone groups is 1. The number of thiol groups is 3. The average molecular weight is 409 g/mol. The monoisotopic (exact) mass is 408 g/mol. The number of phenolic OH excluding ortho intramolecular Hbond substituents is 1. The summed E-state index contributed by atoms with van der Waals surface area (Å²) >= 11 is 12.1. The minimum absolute atomic E-state index is 0.0292. The van der Waals surface area contributed by atoms with Gasteiger partial charge in [0.25, 0.3) is 0 Å². The Morgan fingerprint density at radius 1 is 1.27 bits per heavy atom. The van der Waals surface area contributed by atoms with Crippen LogP contribution >= 0.6 is 37.9 Å². The van der Waals surface area contributed by atoms with Gasteiger partial charge in [0.05, 0.1) is 6.20 Å². The van der Waals surface area contributed by atoms with Crippen molar-refractivity contribution < 1.29 is 5.11 Å². The third kappa shape index (κ3) is 4.99. The summed E-state index contributed by atoms with van der Waals surface area (Å²) in [6.45, 7) is 0. The number of nitrogens with one attached hydrogen (secondary N) is 3. The predicted molar refractivity (Wildman–Crippen MR) is 108 cm³/mol. The summed E-state index contributed by atoms with van der Waals surface area (Å²) < 4.78 is -1.17. The fourth-order valence-electron chi connectivity index (χ4n) is 2.04. The van der Waals surface area contributed by atoms with E-state index in [1.54, 1.807) is 12.1 Å². The van der Waals surface area contributed by atoms with Crippen molar-refractivity contribution in [3.8, 4) is 17.0 Å². The highest BCUT2D eigenvalue weighted by Crippen LogP contribution is 2.29. The summed E-state index contributed by atoms with van der Waals surface area (Å²) in [5.74, 6) is 0.433. The molecule has 0 spiro atoms. The highest BCUT2D eigenvalue weighted by Gasteiger charge is 2.22. The Morgan fingerprint density at radius 2 is 2.04 bits per heavy atom. The van der Waals surface area contributed by atoms with Crippen molar-refractivity contribution in [3.05, 3.63) is 30.0 Å². The van der Waals surface area contributed by atoms with Gasteiger partial charge in [0.1, 0.15) is 11.4 Å². The molecule has 1 aliphatic carbocycles. The number of nitrogens with zero attached hydrogens (tertiary/aromatic N) is 5. The first-order chi connectivity index (χ1) is 12.4. The predicted octanol–water partition coefficient (Wildman–Crippen LogP) is 2.50. The van der Waals surface area contributed by atoms with Gasteiger partial charge < -0.3 is 10.4 Å². The van der Waals surface area contributed by atoms with Crippen LogP contribution in [-0.2, 0) is 0 Å². The number of hydrogen-bond donors (Lipinski definition) is 7. The Kier molecular flexibility index (Phi) is 5.53. The molecule has 26 heavy (non-hydrogen) atoms. The maximum Gasteiger partial charge on any atom is 0.242 e. The fraction of sp³-hybridized carbons (Fsp3) is 0.286. The lowest BCUT2D eigenvalue weighted by Crippen LogP contribution is -2.24. The van der Waals surface area contributed by atoms with Crippen LogP contribution in [0.4, 0.5) is 5.95 Å². The molecule has 1 aromatic heterocycles. The molecule has 0 saturated heterocycles. The van der Waals surface area contributed by atoms with Crippen molar-refractivity contribution in [2.75, 3.05) is 5.32 Å². The smallest absolute Gasteiger partial charge is 0.242 e. The molecule has 1 saturated carbocycles. The van der Waals surface area contributed by atoms with Gasteiger partial charge in [-0.25, -0.2) is 10.5 Å². The minimum atomic E-state index is -1.17. The van der Waals surface area contributed by atoms with Crippen molar-refractivity contribution in [1.82, 2.24) is 20.6 Å². The van der Waals surface area contributed by atoms with E-state index in [9.17, 15) is 5.11 Å². The Labute approximate surface area is 165 Å². The highest BCUT2D eigenvalue weighted by atomic mass is 32.2. The van der Waals surface area contributed by atoms with Gasteiger partial charge in [0.2, 0.25) is 5.95 Å². The van der Waals surface area contributed by atoms with Crippen LogP contribution in [0, 0.1) is 5.53 Å². The molecule has 0 bridgehead atoms. The fourth-order valence-corrected chi connectivity index (χ4v) is 2.19. The van der Waals surface area contributed by atoms with Gasteiger partial charge in [-0.05, 0) is 25.0 Å². The third-order valence-electron chi connectivity index (χ3n) is 3.42. The third-order valence-corrected chi connectivity index (χ3v) is 3.72. The second-order valence-electron chi connectivity index (χ2n) is 5.61. The molecule has 3 rings (SSSR count). The van der Waals surface area contributed by atoms with E-state index in [1.165, 1.54) is 12.3 Å². The minimum Gasteiger partial charge on any atom is -0.507 e. The van der Waals surface area contributed by atoms with Crippen molar-refractivity contribution in [1.29, 1.82) is 5.53 Å². The van der Waals surface area contributed by atoms with Crippen LogP contribution in [0.5, 0.6) is 5.75 Å². The normalized spacial score (nSPS) is 14.8. The molecule has 0 aliphatic heterocycles. The zero-order valence-corrected chi connectivity index (χ0v) is 16.0. The molecule has 0 atom stereocenters. The van der Waals surface area contributed by atoms with Crippen LogP contribution in [0.3, 0.4) is 0 Å². The SMILES string of the molecule is N=N/C(=N\NC(S)(S)S)c1ccc(-c2cnc(NC3CC3)nn2)c(O)c1. The molecular weight excluding hydrogens is 392 g/mol. The molecule has 2 aromatic rings. The number of anilines is 1. The molecule has 1 aromatic carbocycles. The van der Waals surface area contributed by atoms with Crippen molar-refractivity contribution in [3.63, 3.8) is 0 Å². The number of phenols is 1.